The Morgan fingerprint density at radius 3 is 2.82 bits per heavy atom. The predicted molar refractivity (Wildman–Crippen MR) is 44.5 cm³/mol. The van der Waals surface area contributed by atoms with Crippen LogP contribution in [-0.4, -0.2) is 17.1 Å². The van der Waals surface area contributed by atoms with Crippen molar-refractivity contribution in [3.05, 3.63) is 24.3 Å². The lowest BCUT2D eigenvalue weighted by molar-refractivity contribution is 0.462. The molecule has 0 heterocycles. The molecule has 1 rings (SSSR count). The van der Waals surface area contributed by atoms with E-state index in [4.69, 9.17) is 0 Å². The largest absolute Gasteiger partial charge is 0.507 e. The standard InChI is InChI=1S/C8H7O2S/c9-5-6-11-8-4-2-1-3-7(8)10/h1-4,10H,6H2. The predicted octanol–water partition coefficient (Wildman–Crippen LogP) is 1.59. The molecule has 0 fully saturated rings. The van der Waals surface area contributed by atoms with Crippen molar-refractivity contribution in [3.63, 3.8) is 0 Å². The van der Waals surface area contributed by atoms with Gasteiger partial charge in [0, 0.05) is 4.90 Å². The topological polar surface area (TPSA) is 37.3 Å². The Bertz CT molecular complexity index is 248. The van der Waals surface area contributed by atoms with Crippen molar-refractivity contribution in [1.82, 2.24) is 0 Å². The molecule has 0 unspecified atom stereocenters. The number of hydrogen-bond acceptors (Lipinski definition) is 3. The minimum absolute atomic E-state index is 0.216. The molecule has 0 saturated heterocycles. The van der Waals surface area contributed by atoms with Crippen LogP contribution in [0.25, 0.3) is 0 Å². The number of phenols is 1. The van der Waals surface area contributed by atoms with E-state index >= 15 is 0 Å². The Labute approximate surface area is 69.2 Å². The van der Waals surface area contributed by atoms with E-state index in [1.54, 1.807) is 24.5 Å². The number of thioether (sulfide) groups is 1. The van der Waals surface area contributed by atoms with Gasteiger partial charge >= 0.3 is 0 Å². The molecule has 11 heavy (non-hydrogen) atoms. The molecule has 57 valence electrons. The normalized spacial score (nSPS) is 9.45. The number of rotatable bonds is 3. The molecular formula is C8H7O2S. The van der Waals surface area contributed by atoms with Gasteiger partial charge in [0.2, 0.25) is 6.29 Å². The summed E-state index contributed by atoms with van der Waals surface area (Å²) in [5.41, 5.74) is 0. The first kappa shape index (κ1) is 8.14. The Balaban J connectivity index is 2.69. The van der Waals surface area contributed by atoms with Crippen LogP contribution >= 0.6 is 11.8 Å². The first-order valence-corrected chi connectivity index (χ1v) is 4.09. The summed E-state index contributed by atoms with van der Waals surface area (Å²) in [6.07, 6.45) is 1.75. The fraction of sp³-hybridized carbons (Fsp3) is 0.125. The number of hydrogen-bond donors (Lipinski definition) is 1. The van der Waals surface area contributed by atoms with Gasteiger partial charge in [-0.2, -0.15) is 0 Å². The van der Waals surface area contributed by atoms with Gasteiger partial charge in [-0.1, -0.05) is 12.1 Å². The molecular weight excluding hydrogens is 160 g/mol. The van der Waals surface area contributed by atoms with Crippen molar-refractivity contribution < 1.29 is 9.90 Å². The van der Waals surface area contributed by atoms with Crippen LogP contribution < -0.4 is 0 Å². The average Bonchev–Trinajstić information content (AvgIpc) is 2.03. The van der Waals surface area contributed by atoms with Crippen molar-refractivity contribution in [2.45, 2.75) is 4.90 Å². The lowest BCUT2D eigenvalue weighted by atomic mass is 10.3. The lowest BCUT2D eigenvalue weighted by Crippen LogP contribution is -1.78. The molecule has 1 N–H and O–H groups in total. The van der Waals surface area contributed by atoms with Crippen LogP contribution in [0.1, 0.15) is 0 Å². The highest BCUT2D eigenvalue weighted by Gasteiger charge is 1.97. The molecule has 0 atom stereocenters. The number of carbonyl (C=O) groups excluding carboxylic acids is 1. The molecule has 1 aromatic carbocycles. The third kappa shape index (κ3) is 2.27. The summed E-state index contributed by atoms with van der Waals surface area (Å²) in [6.45, 7) is 0. The first-order valence-electron chi connectivity index (χ1n) is 3.10. The Morgan fingerprint density at radius 2 is 2.18 bits per heavy atom. The third-order valence-corrected chi connectivity index (χ3v) is 2.07. The highest BCUT2D eigenvalue weighted by Crippen LogP contribution is 2.26. The maximum atomic E-state index is 9.86. The van der Waals surface area contributed by atoms with E-state index in [9.17, 15) is 9.90 Å². The molecule has 0 saturated carbocycles. The molecule has 0 amide bonds. The highest BCUT2D eigenvalue weighted by molar-refractivity contribution is 8.00. The van der Waals surface area contributed by atoms with Crippen LogP contribution in [0.15, 0.2) is 29.2 Å². The second kappa shape index (κ2) is 4.03. The van der Waals surface area contributed by atoms with Gasteiger partial charge in [0.1, 0.15) is 5.75 Å². The molecule has 0 aromatic heterocycles. The second-order valence-corrected chi connectivity index (χ2v) is 2.92. The molecule has 0 aliphatic rings. The van der Waals surface area contributed by atoms with Crippen LogP contribution in [0.2, 0.25) is 0 Å². The van der Waals surface area contributed by atoms with E-state index in [1.165, 1.54) is 11.8 Å². The summed E-state index contributed by atoms with van der Waals surface area (Å²) in [4.78, 5) is 10.6. The summed E-state index contributed by atoms with van der Waals surface area (Å²) >= 11 is 1.27. The SMILES string of the molecule is O=[C]CSc1ccccc1O. The average molecular weight is 167 g/mol. The summed E-state index contributed by atoms with van der Waals surface area (Å²) in [6, 6.07) is 6.90. The number of para-hydroxylation sites is 1. The minimum atomic E-state index is 0.216. The summed E-state index contributed by atoms with van der Waals surface area (Å²) in [5.74, 6) is 0.477. The Kier molecular flexibility index (Phi) is 2.98. The molecule has 1 aromatic rings. The van der Waals surface area contributed by atoms with Crippen molar-refractivity contribution >= 4 is 18.0 Å². The number of benzene rings is 1. The molecule has 2 nitrogen and oxygen atoms in total. The number of phenolic OH excluding ortho intramolecular Hbond substituents is 1. The molecule has 1 radical (unpaired) electrons. The van der Waals surface area contributed by atoms with Gasteiger partial charge < -0.3 is 5.11 Å². The zero-order valence-corrected chi connectivity index (χ0v) is 6.60. The molecule has 0 aliphatic heterocycles. The van der Waals surface area contributed by atoms with Gasteiger partial charge in [0.15, 0.2) is 0 Å². The molecule has 3 heteroatoms. The molecule has 0 aliphatic carbocycles. The van der Waals surface area contributed by atoms with Crippen molar-refractivity contribution in [2.75, 3.05) is 5.75 Å². The van der Waals surface area contributed by atoms with E-state index in [2.05, 4.69) is 0 Å². The second-order valence-electron chi connectivity index (χ2n) is 1.90. The Morgan fingerprint density at radius 1 is 1.45 bits per heavy atom. The zero-order chi connectivity index (χ0) is 8.10. The lowest BCUT2D eigenvalue weighted by Gasteiger charge is -1.98. The highest BCUT2D eigenvalue weighted by atomic mass is 32.2. The third-order valence-electron chi connectivity index (χ3n) is 1.15. The van der Waals surface area contributed by atoms with Crippen molar-refractivity contribution in [2.24, 2.45) is 0 Å². The zero-order valence-electron chi connectivity index (χ0n) is 5.78. The van der Waals surface area contributed by atoms with Gasteiger partial charge in [0.05, 0.1) is 5.75 Å². The van der Waals surface area contributed by atoms with E-state index in [-0.39, 0.29) is 11.5 Å². The van der Waals surface area contributed by atoms with Crippen molar-refractivity contribution in [1.29, 1.82) is 0 Å². The number of aromatic hydroxyl groups is 1. The maximum absolute atomic E-state index is 9.86. The van der Waals surface area contributed by atoms with E-state index in [0.29, 0.717) is 0 Å². The first-order chi connectivity index (χ1) is 5.34. The summed E-state index contributed by atoms with van der Waals surface area (Å²) in [7, 11) is 0. The van der Waals surface area contributed by atoms with Crippen LogP contribution in [-0.2, 0) is 4.79 Å². The maximum Gasteiger partial charge on any atom is 0.209 e. The molecule has 0 bridgehead atoms. The van der Waals surface area contributed by atoms with Crippen LogP contribution in [0.3, 0.4) is 0 Å². The Hall–Kier alpha value is -0.960. The van der Waals surface area contributed by atoms with Crippen LogP contribution in [0, 0.1) is 0 Å². The van der Waals surface area contributed by atoms with Gasteiger partial charge in [-0.25, -0.2) is 0 Å². The van der Waals surface area contributed by atoms with E-state index < -0.39 is 0 Å². The minimum Gasteiger partial charge on any atom is -0.507 e. The fourth-order valence-corrected chi connectivity index (χ4v) is 1.29. The smallest absolute Gasteiger partial charge is 0.209 e. The van der Waals surface area contributed by atoms with Gasteiger partial charge in [-0.15, -0.1) is 11.8 Å². The van der Waals surface area contributed by atoms with Gasteiger partial charge in [-0.3, -0.25) is 4.79 Å². The summed E-state index contributed by atoms with van der Waals surface area (Å²) in [5, 5.41) is 9.19. The summed E-state index contributed by atoms with van der Waals surface area (Å²) < 4.78 is 0. The van der Waals surface area contributed by atoms with E-state index in [1.807, 2.05) is 6.07 Å². The molecule has 0 spiro atoms. The van der Waals surface area contributed by atoms with Gasteiger partial charge in [0.25, 0.3) is 0 Å². The van der Waals surface area contributed by atoms with Crippen LogP contribution in [0.5, 0.6) is 5.75 Å². The fourth-order valence-electron chi connectivity index (χ4n) is 0.686. The van der Waals surface area contributed by atoms with E-state index in [0.717, 1.165) is 4.90 Å². The quantitative estimate of drug-likeness (QED) is 0.695. The monoisotopic (exact) mass is 167 g/mol. The van der Waals surface area contributed by atoms with Crippen LogP contribution in [0.4, 0.5) is 0 Å². The van der Waals surface area contributed by atoms with Gasteiger partial charge in [-0.05, 0) is 12.1 Å². The van der Waals surface area contributed by atoms with Crippen molar-refractivity contribution in [3.8, 4) is 5.75 Å².